The molecule has 0 aromatic heterocycles. The third kappa shape index (κ3) is 3.66. The summed E-state index contributed by atoms with van der Waals surface area (Å²) in [4.78, 5) is 15.2. The predicted octanol–water partition coefficient (Wildman–Crippen LogP) is 2.93. The van der Waals surface area contributed by atoms with Gasteiger partial charge in [-0.2, -0.15) is 0 Å². The van der Waals surface area contributed by atoms with Crippen LogP contribution in [0.5, 0.6) is 11.5 Å². The molecule has 1 aliphatic rings. The number of carbonyl (C=O) groups excluding carboxylic acids is 1. The van der Waals surface area contributed by atoms with Gasteiger partial charge >= 0.3 is 0 Å². The molecule has 5 nitrogen and oxygen atoms in total. The first-order chi connectivity index (χ1) is 11.1. The summed E-state index contributed by atoms with van der Waals surface area (Å²) in [5.41, 5.74) is 1.36. The highest BCUT2D eigenvalue weighted by molar-refractivity contribution is 5.99. The number of ether oxygens (including phenoxy) is 1. The smallest absolute Gasteiger partial charge is 0.221 e. The van der Waals surface area contributed by atoms with E-state index in [9.17, 15) is 9.18 Å². The summed E-state index contributed by atoms with van der Waals surface area (Å²) in [7, 11) is 0. The molecule has 0 unspecified atom stereocenters. The van der Waals surface area contributed by atoms with E-state index in [0.717, 1.165) is 6.54 Å². The molecule has 0 aliphatic carbocycles. The maximum atomic E-state index is 14.2. The Morgan fingerprint density at radius 2 is 2.04 bits per heavy atom. The molecule has 0 bridgehead atoms. The Hall–Kier alpha value is -2.89. The first kappa shape index (κ1) is 15.0. The van der Waals surface area contributed by atoms with Gasteiger partial charge in [-0.05, 0) is 42.5 Å². The zero-order chi connectivity index (χ0) is 16.2. The monoisotopic (exact) mass is 313 g/mol. The van der Waals surface area contributed by atoms with Crippen molar-refractivity contribution in [3.63, 3.8) is 0 Å². The van der Waals surface area contributed by atoms with Crippen LogP contribution in [0.2, 0.25) is 0 Å². The fraction of sp³-hybridized carbons (Fsp3) is 0.176. The van der Waals surface area contributed by atoms with Gasteiger partial charge in [0, 0.05) is 24.7 Å². The van der Waals surface area contributed by atoms with Crippen molar-refractivity contribution in [1.82, 2.24) is 5.32 Å². The zero-order valence-electron chi connectivity index (χ0n) is 12.6. The van der Waals surface area contributed by atoms with E-state index in [4.69, 9.17) is 4.74 Å². The largest absolute Gasteiger partial charge is 0.454 e. The van der Waals surface area contributed by atoms with E-state index >= 15 is 0 Å². The molecule has 3 rings (SSSR count). The quantitative estimate of drug-likeness (QED) is 0.912. The Kier molecular flexibility index (Phi) is 4.23. The van der Waals surface area contributed by atoms with Crippen LogP contribution in [0.25, 0.3) is 0 Å². The number of hydrogen-bond acceptors (Lipinski definition) is 4. The van der Waals surface area contributed by atoms with Crippen LogP contribution in [0.15, 0.2) is 47.5 Å². The first-order valence-electron chi connectivity index (χ1n) is 7.25. The Labute approximate surface area is 133 Å². The molecule has 1 heterocycles. The summed E-state index contributed by atoms with van der Waals surface area (Å²) >= 11 is 0. The highest BCUT2D eigenvalue weighted by atomic mass is 19.1. The number of hydrogen-bond donors (Lipinski definition) is 2. The van der Waals surface area contributed by atoms with Crippen molar-refractivity contribution < 1.29 is 13.9 Å². The normalized spacial score (nSPS) is 13.2. The summed E-state index contributed by atoms with van der Waals surface area (Å²) < 4.78 is 19.7. The summed E-state index contributed by atoms with van der Waals surface area (Å²) in [5.74, 6) is 0.727. The van der Waals surface area contributed by atoms with Gasteiger partial charge in [-0.3, -0.25) is 9.79 Å². The van der Waals surface area contributed by atoms with Crippen LogP contribution in [0.3, 0.4) is 0 Å². The summed E-state index contributed by atoms with van der Waals surface area (Å²) in [6, 6.07) is 11.5. The molecule has 2 N–H and O–H groups in total. The SMILES string of the molecule is CC(=O)Nc1ccc(Oc2ccc(C3=NCCN3)cc2F)cc1. The summed E-state index contributed by atoms with van der Waals surface area (Å²) in [6.45, 7) is 2.91. The molecule has 118 valence electrons. The predicted molar refractivity (Wildman–Crippen MR) is 86.6 cm³/mol. The summed E-state index contributed by atoms with van der Waals surface area (Å²) in [5, 5.41) is 5.76. The van der Waals surface area contributed by atoms with Crippen LogP contribution in [-0.2, 0) is 4.79 Å². The van der Waals surface area contributed by atoms with Gasteiger partial charge in [0.1, 0.15) is 11.6 Å². The van der Waals surface area contributed by atoms with Crippen LogP contribution in [-0.4, -0.2) is 24.8 Å². The van der Waals surface area contributed by atoms with E-state index in [1.165, 1.54) is 13.0 Å². The molecule has 0 radical (unpaired) electrons. The van der Waals surface area contributed by atoms with Crippen molar-refractivity contribution >= 4 is 17.4 Å². The second-order valence-corrected chi connectivity index (χ2v) is 5.11. The fourth-order valence-electron chi connectivity index (χ4n) is 2.26. The van der Waals surface area contributed by atoms with Crippen LogP contribution in [0.1, 0.15) is 12.5 Å². The maximum absolute atomic E-state index is 14.2. The van der Waals surface area contributed by atoms with Gasteiger partial charge in [0.05, 0.1) is 6.54 Å². The van der Waals surface area contributed by atoms with Crippen LogP contribution < -0.4 is 15.4 Å². The summed E-state index contributed by atoms with van der Waals surface area (Å²) in [6.07, 6.45) is 0. The maximum Gasteiger partial charge on any atom is 0.221 e. The number of carbonyl (C=O) groups is 1. The molecule has 1 amide bonds. The number of aliphatic imine (C=N–C) groups is 1. The van der Waals surface area contributed by atoms with Crippen molar-refractivity contribution in [2.75, 3.05) is 18.4 Å². The van der Waals surface area contributed by atoms with E-state index < -0.39 is 5.82 Å². The first-order valence-corrected chi connectivity index (χ1v) is 7.25. The highest BCUT2D eigenvalue weighted by Crippen LogP contribution is 2.26. The Morgan fingerprint density at radius 3 is 2.65 bits per heavy atom. The molecular weight excluding hydrogens is 297 g/mol. The van der Waals surface area contributed by atoms with Crippen molar-refractivity contribution in [2.45, 2.75) is 6.92 Å². The molecule has 6 heteroatoms. The molecule has 0 saturated carbocycles. The number of benzene rings is 2. The minimum atomic E-state index is -0.454. The lowest BCUT2D eigenvalue weighted by Crippen LogP contribution is -2.19. The van der Waals surface area contributed by atoms with Crippen molar-refractivity contribution in [3.05, 3.63) is 53.8 Å². The van der Waals surface area contributed by atoms with Gasteiger partial charge in [0.25, 0.3) is 0 Å². The van der Waals surface area contributed by atoms with Gasteiger partial charge in [-0.25, -0.2) is 4.39 Å². The lowest BCUT2D eigenvalue weighted by atomic mass is 10.2. The molecule has 0 fully saturated rings. The fourth-order valence-corrected chi connectivity index (χ4v) is 2.26. The van der Waals surface area contributed by atoms with Gasteiger partial charge in [-0.1, -0.05) is 0 Å². The molecule has 0 atom stereocenters. The minimum Gasteiger partial charge on any atom is -0.454 e. The van der Waals surface area contributed by atoms with E-state index in [0.29, 0.717) is 29.4 Å². The van der Waals surface area contributed by atoms with Crippen LogP contribution in [0.4, 0.5) is 10.1 Å². The highest BCUT2D eigenvalue weighted by Gasteiger charge is 2.12. The van der Waals surface area contributed by atoms with Crippen molar-refractivity contribution in [3.8, 4) is 11.5 Å². The minimum absolute atomic E-state index is 0.139. The molecule has 0 spiro atoms. The van der Waals surface area contributed by atoms with Gasteiger partial charge in [-0.15, -0.1) is 0 Å². The van der Waals surface area contributed by atoms with Crippen LogP contribution in [0, 0.1) is 5.82 Å². The Bertz CT molecular complexity index is 757. The number of anilines is 1. The number of amides is 1. The van der Waals surface area contributed by atoms with E-state index in [1.54, 1.807) is 36.4 Å². The van der Waals surface area contributed by atoms with Crippen molar-refractivity contribution in [1.29, 1.82) is 0 Å². The van der Waals surface area contributed by atoms with E-state index in [-0.39, 0.29) is 11.7 Å². The average Bonchev–Trinajstić information content (AvgIpc) is 3.05. The molecule has 2 aromatic carbocycles. The number of halogens is 1. The lowest BCUT2D eigenvalue weighted by molar-refractivity contribution is -0.114. The number of rotatable bonds is 4. The molecule has 0 saturated heterocycles. The van der Waals surface area contributed by atoms with Gasteiger partial charge in [0.15, 0.2) is 11.6 Å². The lowest BCUT2D eigenvalue weighted by Gasteiger charge is -2.09. The topological polar surface area (TPSA) is 62.7 Å². The second kappa shape index (κ2) is 6.48. The molecular formula is C17H16FN3O2. The number of nitrogens with one attached hydrogen (secondary N) is 2. The van der Waals surface area contributed by atoms with Crippen LogP contribution >= 0.6 is 0 Å². The number of nitrogens with zero attached hydrogens (tertiary/aromatic N) is 1. The van der Waals surface area contributed by atoms with E-state index in [2.05, 4.69) is 15.6 Å². The third-order valence-corrected chi connectivity index (χ3v) is 3.28. The third-order valence-electron chi connectivity index (χ3n) is 3.28. The van der Waals surface area contributed by atoms with E-state index in [1.807, 2.05) is 0 Å². The van der Waals surface area contributed by atoms with Gasteiger partial charge in [0.2, 0.25) is 5.91 Å². The Morgan fingerprint density at radius 1 is 1.26 bits per heavy atom. The average molecular weight is 313 g/mol. The Balaban J connectivity index is 1.73. The number of amidine groups is 1. The van der Waals surface area contributed by atoms with Crippen molar-refractivity contribution in [2.24, 2.45) is 4.99 Å². The van der Waals surface area contributed by atoms with Gasteiger partial charge < -0.3 is 15.4 Å². The standard InChI is InChI=1S/C17H16FN3O2/c1-11(22)21-13-3-5-14(6-4-13)23-16-7-2-12(10-15(16)18)17-19-8-9-20-17/h2-7,10H,8-9H2,1H3,(H,19,20)(H,21,22). The second-order valence-electron chi connectivity index (χ2n) is 5.11. The molecule has 23 heavy (non-hydrogen) atoms. The molecule has 1 aliphatic heterocycles. The zero-order valence-corrected chi connectivity index (χ0v) is 12.6. The molecule has 2 aromatic rings.